The Morgan fingerprint density at radius 3 is 2.44 bits per heavy atom. The second-order valence-electron chi connectivity index (χ2n) is 4.20. The van der Waals surface area contributed by atoms with Crippen LogP contribution in [0.4, 0.5) is 5.69 Å². The van der Waals surface area contributed by atoms with E-state index in [-0.39, 0.29) is 11.9 Å². The van der Waals surface area contributed by atoms with Crippen LogP contribution in [-0.2, 0) is 0 Å². The number of hydrazine groups is 1. The third kappa shape index (κ3) is 2.97. The molecular formula is C12H19N3O. The number of nitrogens with two attached hydrogens (primary N) is 1. The lowest BCUT2D eigenvalue weighted by Crippen LogP contribution is -2.36. The first kappa shape index (κ1) is 12.5. The Labute approximate surface area is 96.2 Å². The van der Waals surface area contributed by atoms with Crippen LogP contribution in [0.5, 0.6) is 0 Å². The number of rotatable bonds is 4. The van der Waals surface area contributed by atoms with E-state index in [1.54, 1.807) is 12.1 Å². The summed E-state index contributed by atoms with van der Waals surface area (Å²) in [6, 6.07) is 7.30. The average Bonchev–Trinajstić information content (AvgIpc) is 2.28. The quantitative estimate of drug-likeness (QED) is 0.536. The predicted octanol–water partition coefficient (Wildman–Crippen LogP) is 1.75. The number of hydrogen-bond acceptors (Lipinski definition) is 3. The minimum atomic E-state index is -0.102. The van der Waals surface area contributed by atoms with Crippen LogP contribution in [0.25, 0.3) is 0 Å². The molecule has 0 aliphatic rings. The van der Waals surface area contributed by atoms with Gasteiger partial charge >= 0.3 is 0 Å². The summed E-state index contributed by atoms with van der Waals surface area (Å²) in [4.78, 5) is 11.9. The molecule has 1 rings (SSSR count). The fraction of sp³-hybridized carbons (Fsp3) is 0.417. The third-order valence-electron chi connectivity index (χ3n) is 2.69. The second kappa shape index (κ2) is 5.51. The molecular weight excluding hydrogens is 202 g/mol. The summed E-state index contributed by atoms with van der Waals surface area (Å²) < 4.78 is 0. The minimum absolute atomic E-state index is 0.102. The normalized spacial score (nSPS) is 12.3. The zero-order valence-electron chi connectivity index (χ0n) is 9.95. The van der Waals surface area contributed by atoms with Crippen molar-refractivity contribution in [1.29, 1.82) is 0 Å². The fourth-order valence-corrected chi connectivity index (χ4v) is 1.26. The number of benzene rings is 1. The van der Waals surface area contributed by atoms with Crippen LogP contribution in [-0.4, -0.2) is 11.9 Å². The topological polar surface area (TPSA) is 67.2 Å². The van der Waals surface area contributed by atoms with Gasteiger partial charge in [-0.2, -0.15) is 0 Å². The molecule has 1 amide bonds. The molecule has 0 fully saturated rings. The number of nitrogens with one attached hydrogen (secondary N) is 2. The lowest BCUT2D eigenvalue weighted by Gasteiger charge is -2.18. The van der Waals surface area contributed by atoms with Crippen molar-refractivity contribution in [2.75, 3.05) is 5.43 Å². The molecule has 4 N–H and O–H groups in total. The molecule has 1 aromatic rings. The number of carbonyl (C=O) groups is 1. The highest BCUT2D eigenvalue weighted by molar-refractivity contribution is 5.99. The van der Waals surface area contributed by atoms with Gasteiger partial charge in [0.05, 0.1) is 11.3 Å². The Kier molecular flexibility index (Phi) is 4.31. The van der Waals surface area contributed by atoms with Crippen molar-refractivity contribution in [1.82, 2.24) is 5.32 Å². The summed E-state index contributed by atoms with van der Waals surface area (Å²) in [5.41, 5.74) is 3.72. The fourth-order valence-electron chi connectivity index (χ4n) is 1.26. The van der Waals surface area contributed by atoms with Gasteiger partial charge < -0.3 is 10.7 Å². The van der Waals surface area contributed by atoms with E-state index in [9.17, 15) is 4.79 Å². The molecule has 1 unspecified atom stereocenters. The van der Waals surface area contributed by atoms with Crippen molar-refractivity contribution in [3.63, 3.8) is 0 Å². The molecule has 4 heteroatoms. The molecule has 88 valence electrons. The highest BCUT2D eigenvalue weighted by Crippen LogP contribution is 2.14. The van der Waals surface area contributed by atoms with E-state index >= 15 is 0 Å². The molecule has 16 heavy (non-hydrogen) atoms. The van der Waals surface area contributed by atoms with Crippen LogP contribution < -0.4 is 16.6 Å². The second-order valence-corrected chi connectivity index (χ2v) is 4.20. The van der Waals surface area contributed by atoms with Crippen molar-refractivity contribution in [2.45, 2.75) is 26.8 Å². The summed E-state index contributed by atoms with van der Waals surface area (Å²) in [6.45, 7) is 6.12. The Hall–Kier alpha value is -1.55. The third-order valence-corrected chi connectivity index (χ3v) is 2.69. The number of amides is 1. The highest BCUT2D eigenvalue weighted by atomic mass is 16.1. The average molecular weight is 221 g/mol. The van der Waals surface area contributed by atoms with Gasteiger partial charge in [-0.05, 0) is 25.0 Å². The first-order valence-electron chi connectivity index (χ1n) is 5.42. The van der Waals surface area contributed by atoms with Crippen LogP contribution in [0.15, 0.2) is 24.3 Å². The highest BCUT2D eigenvalue weighted by Gasteiger charge is 2.14. The zero-order chi connectivity index (χ0) is 12.1. The maximum Gasteiger partial charge on any atom is 0.253 e. The molecule has 0 aliphatic carbocycles. The Morgan fingerprint density at radius 2 is 1.88 bits per heavy atom. The molecule has 0 saturated heterocycles. The van der Waals surface area contributed by atoms with E-state index in [2.05, 4.69) is 24.6 Å². The van der Waals surface area contributed by atoms with E-state index in [1.807, 2.05) is 19.1 Å². The summed E-state index contributed by atoms with van der Waals surface area (Å²) in [7, 11) is 0. The van der Waals surface area contributed by atoms with Gasteiger partial charge in [0.25, 0.3) is 5.91 Å². The minimum Gasteiger partial charge on any atom is -0.349 e. The van der Waals surface area contributed by atoms with E-state index in [4.69, 9.17) is 5.84 Å². The zero-order valence-corrected chi connectivity index (χ0v) is 9.95. The molecule has 0 saturated carbocycles. The van der Waals surface area contributed by atoms with Crippen LogP contribution >= 0.6 is 0 Å². The lowest BCUT2D eigenvalue weighted by atomic mass is 10.1. The van der Waals surface area contributed by atoms with Gasteiger partial charge in [-0.25, -0.2) is 0 Å². The van der Waals surface area contributed by atoms with Gasteiger partial charge in [0.2, 0.25) is 0 Å². The number of para-hydroxylation sites is 1. The molecule has 0 radical (unpaired) electrons. The number of carbonyl (C=O) groups excluding carboxylic acids is 1. The van der Waals surface area contributed by atoms with Crippen LogP contribution in [0.1, 0.15) is 31.1 Å². The van der Waals surface area contributed by atoms with E-state index in [1.165, 1.54) is 0 Å². The van der Waals surface area contributed by atoms with Crippen molar-refractivity contribution in [3.05, 3.63) is 29.8 Å². The van der Waals surface area contributed by atoms with E-state index in [0.29, 0.717) is 17.2 Å². The van der Waals surface area contributed by atoms with Crippen LogP contribution in [0.3, 0.4) is 0 Å². The van der Waals surface area contributed by atoms with Gasteiger partial charge in [-0.1, -0.05) is 26.0 Å². The number of nitrogen functional groups attached to an aromatic ring is 1. The van der Waals surface area contributed by atoms with Crippen molar-refractivity contribution < 1.29 is 4.79 Å². The lowest BCUT2D eigenvalue weighted by molar-refractivity contribution is 0.0931. The molecule has 1 aromatic carbocycles. The summed E-state index contributed by atoms with van der Waals surface area (Å²) >= 11 is 0. The Bertz CT molecular complexity index is 363. The van der Waals surface area contributed by atoms with Gasteiger partial charge in [-0.15, -0.1) is 0 Å². The molecule has 0 heterocycles. The van der Waals surface area contributed by atoms with Crippen molar-refractivity contribution >= 4 is 11.6 Å². The van der Waals surface area contributed by atoms with Crippen molar-refractivity contribution in [3.8, 4) is 0 Å². The maximum atomic E-state index is 11.9. The first-order chi connectivity index (χ1) is 7.56. The van der Waals surface area contributed by atoms with Crippen molar-refractivity contribution in [2.24, 2.45) is 11.8 Å². The first-order valence-corrected chi connectivity index (χ1v) is 5.42. The monoisotopic (exact) mass is 221 g/mol. The largest absolute Gasteiger partial charge is 0.349 e. The molecule has 0 bridgehead atoms. The van der Waals surface area contributed by atoms with Gasteiger partial charge in [0.15, 0.2) is 0 Å². The van der Waals surface area contributed by atoms with Crippen LogP contribution in [0, 0.1) is 5.92 Å². The van der Waals surface area contributed by atoms with Gasteiger partial charge in [0.1, 0.15) is 0 Å². The number of hydrogen-bond donors (Lipinski definition) is 3. The number of anilines is 1. The molecule has 0 aromatic heterocycles. The molecule has 4 nitrogen and oxygen atoms in total. The van der Waals surface area contributed by atoms with Gasteiger partial charge in [-0.3, -0.25) is 10.6 Å². The van der Waals surface area contributed by atoms with E-state index < -0.39 is 0 Å². The smallest absolute Gasteiger partial charge is 0.253 e. The van der Waals surface area contributed by atoms with Crippen LogP contribution in [0.2, 0.25) is 0 Å². The molecule has 0 aliphatic heterocycles. The van der Waals surface area contributed by atoms with E-state index in [0.717, 1.165) is 0 Å². The summed E-state index contributed by atoms with van der Waals surface area (Å²) in [5, 5.41) is 2.94. The maximum absolute atomic E-state index is 11.9. The summed E-state index contributed by atoms with van der Waals surface area (Å²) in [5.74, 6) is 5.65. The standard InChI is InChI=1S/C12H19N3O/c1-8(2)9(3)14-12(16)10-6-4-5-7-11(10)15-13/h4-9,15H,13H2,1-3H3,(H,14,16). The Balaban J connectivity index is 2.80. The Morgan fingerprint density at radius 1 is 1.25 bits per heavy atom. The summed E-state index contributed by atoms with van der Waals surface area (Å²) in [6.07, 6.45) is 0. The predicted molar refractivity (Wildman–Crippen MR) is 66.0 cm³/mol. The molecule has 0 spiro atoms. The van der Waals surface area contributed by atoms with Gasteiger partial charge in [0, 0.05) is 6.04 Å². The molecule has 1 atom stereocenters. The SMILES string of the molecule is CC(C)C(C)NC(=O)c1ccccc1NN.